The number of benzene rings is 2. The summed E-state index contributed by atoms with van der Waals surface area (Å²) in [6.07, 6.45) is 0.803. The lowest BCUT2D eigenvalue weighted by molar-refractivity contribution is 0.0971. The van der Waals surface area contributed by atoms with Gasteiger partial charge in [-0.05, 0) is 62.6 Å². The summed E-state index contributed by atoms with van der Waals surface area (Å²) in [6, 6.07) is 12.4. The molecule has 1 unspecified atom stereocenters. The Morgan fingerprint density at radius 3 is 2.48 bits per heavy atom. The molecule has 1 aliphatic rings. The molecule has 33 heavy (non-hydrogen) atoms. The van der Waals surface area contributed by atoms with E-state index in [2.05, 4.69) is 4.98 Å². The van der Waals surface area contributed by atoms with Crippen LogP contribution in [-0.2, 0) is 6.42 Å². The maximum Gasteiger partial charge on any atom is 0.297 e. The summed E-state index contributed by atoms with van der Waals surface area (Å²) in [4.78, 5) is 34.6. The second-order valence-corrected chi connectivity index (χ2v) is 9.26. The second kappa shape index (κ2) is 8.15. The maximum absolute atomic E-state index is 13.8. The van der Waals surface area contributed by atoms with Crippen molar-refractivity contribution in [1.29, 1.82) is 0 Å². The van der Waals surface area contributed by atoms with Crippen molar-refractivity contribution in [2.75, 3.05) is 11.5 Å². The molecule has 1 amide bonds. The van der Waals surface area contributed by atoms with Crippen LogP contribution in [0.15, 0.2) is 51.7 Å². The highest BCUT2D eigenvalue weighted by molar-refractivity contribution is 7.15. The Bertz CT molecular complexity index is 1420. The van der Waals surface area contributed by atoms with E-state index in [0.717, 1.165) is 33.9 Å². The number of aryl methyl sites for hydroxylation is 3. The number of anilines is 1. The maximum atomic E-state index is 13.8. The lowest BCUT2D eigenvalue weighted by atomic mass is 9.98. The van der Waals surface area contributed by atoms with E-state index in [1.165, 1.54) is 11.3 Å². The smallest absolute Gasteiger partial charge is 0.297 e. The predicted molar refractivity (Wildman–Crippen MR) is 130 cm³/mol. The number of amides is 1. The van der Waals surface area contributed by atoms with Crippen molar-refractivity contribution in [1.82, 2.24) is 4.98 Å². The topological polar surface area (TPSA) is 72.6 Å². The number of ether oxygens (including phenoxy) is 1. The van der Waals surface area contributed by atoms with Crippen molar-refractivity contribution in [2.24, 2.45) is 0 Å². The van der Waals surface area contributed by atoms with Crippen LogP contribution in [-0.4, -0.2) is 17.5 Å². The van der Waals surface area contributed by atoms with Crippen molar-refractivity contribution < 1.29 is 13.9 Å². The lowest BCUT2D eigenvalue weighted by Gasteiger charge is -2.22. The molecule has 5 rings (SSSR count). The van der Waals surface area contributed by atoms with Gasteiger partial charge in [-0.3, -0.25) is 14.5 Å². The first-order chi connectivity index (χ1) is 15.9. The molecule has 0 N–H and O–H groups in total. The number of carbonyl (C=O) groups is 1. The number of fused-ring (bicyclic) bond motifs is 2. The molecular formula is C26H24N2O4S. The van der Waals surface area contributed by atoms with Crippen molar-refractivity contribution in [2.45, 2.75) is 40.2 Å². The minimum atomic E-state index is -0.626. The van der Waals surface area contributed by atoms with Gasteiger partial charge >= 0.3 is 0 Å². The SMILES string of the molecule is CCOc1ccc(C2c3c(oc4ccc(CC)cc4c3=O)C(=O)N2c2nc(C)c(C)s2)cc1. The average molecular weight is 461 g/mol. The van der Waals surface area contributed by atoms with Gasteiger partial charge in [-0.2, -0.15) is 0 Å². The number of hydrogen-bond donors (Lipinski definition) is 0. The summed E-state index contributed by atoms with van der Waals surface area (Å²) in [5.41, 5.74) is 3.30. The monoisotopic (exact) mass is 460 g/mol. The number of thiazole rings is 1. The van der Waals surface area contributed by atoms with Gasteiger partial charge in [0.1, 0.15) is 11.3 Å². The van der Waals surface area contributed by atoms with Crippen LogP contribution >= 0.6 is 11.3 Å². The first-order valence-corrected chi connectivity index (χ1v) is 11.8. The van der Waals surface area contributed by atoms with Crippen molar-refractivity contribution in [3.63, 3.8) is 0 Å². The van der Waals surface area contributed by atoms with Crippen LogP contribution in [0.5, 0.6) is 5.75 Å². The summed E-state index contributed by atoms with van der Waals surface area (Å²) >= 11 is 1.44. The molecule has 2 aromatic heterocycles. The van der Waals surface area contributed by atoms with Gasteiger partial charge in [0.2, 0.25) is 5.76 Å². The third-order valence-corrected chi connectivity index (χ3v) is 7.15. The second-order valence-electron chi connectivity index (χ2n) is 8.08. The molecule has 3 heterocycles. The van der Waals surface area contributed by atoms with Crippen molar-refractivity contribution in [3.05, 3.63) is 85.7 Å². The zero-order valence-corrected chi connectivity index (χ0v) is 19.8. The molecule has 0 spiro atoms. The Morgan fingerprint density at radius 1 is 1.09 bits per heavy atom. The van der Waals surface area contributed by atoms with Gasteiger partial charge in [0.05, 0.1) is 29.3 Å². The van der Waals surface area contributed by atoms with Gasteiger partial charge in [-0.15, -0.1) is 11.3 Å². The van der Waals surface area contributed by atoms with E-state index in [4.69, 9.17) is 9.15 Å². The van der Waals surface area contributed by atoms with Gasteiger partial charge in [-0.25, -0.2) is 4.98 Å². The van der Waals surface area contributed by atoms with Crippen LogP contribution < -0.4 is 15.1 Å². The van der Waals surface area contributed by atoms with E-state index in [9.17, 15) is 9.59 Å². The highest BCUT2D eigenvalue weighted by atomic mass is 32.1. The summed E-state index contributed by atoms with van der Waals surface area (Å²) < 4.78 is 11.6. The molecule has 4 aromatic rings. The Labute approximate surface area is 195 Å². The van der Waals surface area contributed by atoms with E-state index in [-0.39, 0.29) is 17.1 Å². The number of nitrogens with zero attached hydrogens (tertiary/aromatic N) is 2. The van der Waals surface area contributed by atoms with E-state index in [0.29, 0.717) is 28.3 Å². The zero-order valence-electron chi connectivity index (χ0n) is 19.0. The molecule has 1 aliphatic heterocycles. The standard InChI is InChI=1S/C26H24N2O4S/c1-5-16-7-12-20-19(13-16)23(29)21-22(17-8-10-18(11-9-17)31-6-2)28(25(30)24(21)32-20)26-27-14(3)15(4)33-26/h7-13,22H,5-6H2,1-4H3. The van der Waals surface area contributed by atoms with E-state index in [1.807, 2.05) is 64.1 Å². The molecule has 2 aromatic carbocycles. The fourth-order valence-corrected chi connectivity index (χ4v) is 5.16. The highest BCUT2D eigenvalue weighted by Crippen LogP contribution is 2.43. The van der Waals surface area contributed by atoms with Gasteiger partial charge < -0.3 is 9.15 Å². The van der Waals surface area contributed by atoms with Gasteiger partial charge in [0.15, 0.2) is 10.6 Å². The highest BCUT2D eigenvalue weighted by Gasteiger charge is 2.45. The molecule has 7 heteroatoms. The van der Waals surface area contributed by atoms with Crippen LogP contribution in [0, 0.1) is 13.8 Å². The zero-order chi connectivity index (χ0) is 23.3. The Kier molecular flexibility index (Phi) is 5.29. The summed E-state index contributed by atoms with van der Waals surface area (Å²) in [5.74, 6) is 0.466. The van der Waals surface area contributed by atoms with Gasteiger partial charge in [-0.1, -0.05) is 25.1 Å². The Hall–Kier alpha value is -3.45. The number of aromatic nitrogens is 1. The van der Waals surface area contributed by atoms with Crippen LogP contribution in [0.3, 0.4) is 0 Å². The van der Waals surface area contributed by atoms with Gasteiger partial charge in [0, 0.05) is 4.88 Å². The van der Waals surface area contributed by atoms with Crippen molar-refractivity contribution in [3.8, 4) is 5.75 Å². The molecule has 0 bridgehead atoms. The van der Waals surface area contributed by atoms with Crippen LogP contribution in [0.4, 0.5) is 5.13 Å². The first kappa shape index (κ1) is 21.4. The molecule has 0 radical (unpaired) electrons. The fraction of sp³-hybridized carbons (Fsp3) is 0.269. The number of rotatable bonds is 5. The predicted octanol–water partition coefficient (Wildman–Crippen LogP) is 5.58. The molecule has 0 saturated carbocycles. The van der Waals surface area contributed by atoms with Gasteiger partial charge in [0.25, 0.3) is 5.91 Å². The minimum Gasteiger partial charge on any atom is -0.494 e. The molecule has 0 aliphatic carbocycles. The Morgan fingerprint density at radius 2 is 1.85 bits per heavy atom. The van der Waals surface area contributed by atoms with Crippen LogP contribution in [0.1, 0.15) is 57.7 Å². The largest absolute Gasteiger partial charge is 0.494 e. The first-order valence-electron chi connectivity index (χ1n) is 11.0. The lowest BCUT2D eigenvalue weighted by Crippen LogP contribution is -2.29. The van der Waals surface area contributed by atoms with E-state index in [1.54, 1.807) is 11.0 Å². The van der Waals surface area contributed by atoms with Crippen LogP contribution in [0.2, 0.25) is 0 Å². The Balaban J connectivity index is 1.76. The van der Waals surface area contributed by atoms with E-state index < -0.39 is 6.04 Å². The number of hydrogen-bond acceptors (Lipinski definition) is 6. The fourth-order valence-electron chi connectivity index (χ4n) is 4.22. The quantitative estimate of drug-likeness (QED) is 0.389. The molecular weight excluding hydrogens is 436 g/mol. The third kappa shape index (κ3) is 3.43. The molecule has 0 saturated heterocycles. The summed E-state index contributed by atoms with van der Waals surface area (Å²) in [6.45, 7) is 8.41. The summed E-state index contributed by atoms with van der Waals surface area (Å²) in [5, 5.41) is 1.04. The molecule has 1 atom stereocenters. The van der Waals surface area contributed by atoms with Crippen molar-refractivity contribution >= 4 is 33.3 Å². The summed E-state index contributed by atoms with van der Waals surface area (Å²) in [7, 11) is 0. The third-order valence-electron chi connectivity index (χ3n) is 6.07. The number of carbonyl (C=O) groups excluding carboxylic acids is 1. The molecule has 0 fully saturated rings. The normalized spacial score (nSPS) is 15.3. The molecule has 6 nitrogen and oxygen atoms in total. The van der Waals surface area contributed by atoms with Crippen LogP contribution in [0.25, 0.3) is 11.0 Å². The van der Waals surface area contributed by atoms with E-state index >= 15 is 0 Å². The molecule has 168 valence electrons. The average Bonchev–Trinajstić information content (AvgIpc) is 3.30. The minimum absolute atomic E-state index is 0.0844.